The summed E-state index contributed by atoms with van der Waals surface area (Å²) in [5, 5.41) is 16.0. The molecule has 8 nitrogen and oxygen atoms in total. The molecular formula is C18H23N7O. The molecule has 0 aromatic carbocycles. The number of aromatic nitrogens is 6. The molecule has 1 N–H and O–H groups in total. The summed E-state index contributed by atoms with van der Waals surface area (Å²) in [6, 6.07) is 1.71. The third-order valence-electron chi connectivity index (χ3n) is 4.90. The molecule has 0 bridgehead atoms. The van der Waals surface area contributed by atoms with E-state index in [-0.39, 0.29) is 11.9 Å². The fourth-order valence-corrected chi connectivity index (χ4v) is 3.60. The summed E-state index contributed by atoms with van der Waals surface area (Å²) >= 11 is 0. The predicted octanol–water partition coefficient (Wildman–Crippen LogP) is 2.16. The van der Waals surface area contributed by atoms with E-state index in [2.05, 4.69) is 30.2 Å². The van der Waals surface area contributed by atoms with Crippen LogP contribution in [0.3, 0.4) is 0 Å². The molecule has 1 aliphatic rings. The molecular weight excluding hydrogens is 330 g/mol. The first-order valence-electron chi connectivity index (χ1n) is 9.09. The maximum atomic E-state index is 12.8. The molecule has 3 aromatic heterocycles. The lowest BCUT2D eigenvalue weighted by atomic mass is 10.2. The second-order valence-corrected chi connectivity index (χ2v) is 6.96. The summed E-state index contributed by atoms with van der Waals surface area (Å²) in [4.78, 5) is 17.3. The Bertz CT molecular complexity index is 971. The number of fused-ring (bicyclic) bond motifs is 2. The van der Waals surface area contributed by atoms with Crippen LogP contribution in [0.4, 0.5) is 0 Å². The molecule has 0 radical (unpaired) electrons. The van der Waals surface area contributed by atoms with Gasteiger partial charge in [-0.05, 0) is 39.7 Å². The van der Waals surface area contributed by atoms with Crippen LogP contribution in [-0.2, 0) is 13.0 Å². The molecule has 26 heavy (non-hydrogen) atoms. The number of rotatable bonds is 3. The van der Waals surface area contributed by atoms with Gasteiger partial charge in [0.2, 0.25) is 0 Å². The van der Waals surface area contributed by atoms with Crippen molar-refractivity contribution in [1.82, 2.24) is 34.7 Å². The monoisotopic (exact) mass is 353 g/mol. The summed E-state index contributed by atoms with van der Waals surface area (Å²) in [6.45, 7) is 6.71. The molecule has 0 fully saturated rings. The zero-order valence-electron chi connectivity index (χ0n) is 15.4. The van der Waals surface area contributed by atoms with Crippen LogP contribution in [0, 0.1) is 13.8 Å². The second-order valence-electron chi connectivity index (χ2n) is 6.96. The Morgan fingerprint density at radius 2 is 2.08 bits per heavy atom. The molecule has 0 aliphatic carbocycles. The first-order chi connectivity index (χ1) is 12.5. The van der Waals surface area contributed by atoms with E-state index in [1.54, 1.807) is 10.7 Å². The van der Waals surface area contributed by atoms with Crippen molar-refractivity contribution in [1.29, 1.82) is 0 Å². The number of aryl methyl sites for hydroxylation is 3. The number of nitrogens with one attached hydrogen (secondary N) is 1. The van der Waals surface area contributed by atoms with Crippen molar-refractivity contribution in [2.75, 3.05) is 0 Å². The van der Waals surface area contributed by atoms with Crippen LogP contribution in [0.1, 0.15) is 65.6 Å². The van der Waals surface area contributed by atoms with Gasteiger partial charge in [-0.1, -0.05) is 6.42 Å². The molecule has 4 heterocycles. The van der Waals surface area contributed by atoms with Crippen LogP contribution in [0.5, 0.6) is 0 Å². The minimum atomic E-state index is -0.234. The van der Waals surface area contributed by atoms with E-state index >= 15 is 0 Å². The molecule has 1 atom stereocenters. The van der Waals surface area contributed by atoms with Crippen molar-refractivity contribution in [3.63, 3.8) is 0 Å². The molecule has 0 saturated heterocycles. The van der Waals surface area contributed by atoms with Crippen LogP contribution in [-0.4, -0.2) is 35.3 Å². The van der Waals surface area contributed by atoms with E-state index in [0.717, 1.165) is 48.8 Å². The van der Waals surface area contributed by atoms with Crippen molar-refractivity contribution in [3.8, 4) is 0 Å². The summed E-state index contributed by atoms with van der Waals surface area (Å²) in [7, 11) is 0. The van der Waals surface area contributed by atoms with Gasteiger partial charge in [0.05, 0.1) is 12.2 Å². The summed E-state index contributed by atoms with van der Waals surface area (Å²) < 4.78 is 3.84. The van der Waals surface area contributed by atoms with Gasteiger partial charge in [0.15, 0.2) is 11.5 Å². The van der Waals surface area contributed by atoms with E-state index in [4.69, 9.17) is 0 Å². The number of hydrogen-bond acceptors (Lipinski definition) is 5. The number of carbonyl (C=O) groups excluding carboxylic acids is 1. The smallest absolute Gasteiger partial charge is 0.257 e. The van der Waals surface area contributed by atoms with Gasteiger partial charge in [0, 0.05) is 24.4 Å². The van der Waals surface area contributed by atoms with Crippen LogP contribution in [0.2, 0.25) is 0 Å². The Kier molecular flexibility index (Phi) is 4.18. The van der Waals surface area contributed by atoms with E-state index < -0.39 is 0 Å². The van der Waals surface area contributed by atoms with Gasteiger partial charge >= 0.3 is 0 Å². The number of amides is 1. The molecule has 1 unspecified atom stereocenters. The molecule has 136 valence electrons. The quantitative estimate of drug-likeness (QED) is 0.779. The standard InChI is InChI=1S/C18H23N7O/c1-11-9-12(2)25-17(20-11)14(10-19-25)18(26)21-13(3)16-23-22-15-7-5-4-6-8-24(15)16/h9-10,13H,4-8H2,1-3H3,(H,21,26). The maximum absolute atomic E-state index is 12.8. The first kappa shape index (κ1) is 16.7. The molecule has 4 rings (SSSR count). The highest BCUT2D eigenvalue weighted by molar-refractivity contribution is 5.99. The zero-order valence-corrected chi connectivity index (χ0v) is 15.4. The van der Waals surface area contributed by atoms with Crippen LogP contribution in [0.15, 0.2) is 12.3 Å². The minimum Gasteiger partial charge on any atom is -0.342 e. The average Bonchev–Trinajstić information content (AvgIpc) is 3.12. The van der Waals surface area contributed by atoms with Crippen molar-refractivity contribution in [2.45, 2.75) is 59.0 Å². The molecule has 1 amide bonds. The average molecular weight is 353 g/mol. The van der Waals surface area contributed by atoms with Gasteiger partial charge in [-0.15, -0.1) is 10.2 Å². The Balaban J connectivity index is 1.60. The Hall–Kier alpha value is -2.77. The lowest BCUT2D eigenvalue weighted by molar-refractivity contribution is 0.0939. The highest BCUT2D eigenvalue weighted by Crippen LogP contribution is 2.19. The van der Waals surface area contributed by atoms with E-state index in [9.17, 15) is 4.79 Å². The lowest BCUT2D eigenvalue weighted by Crippen LogP contribution is -2.29. The summed E-state index contributed by atoms with van der Waals surface area (Å²) in [5.41, 5.74) is 2.86. The Morgan fingerprint density at radius 3 is 2.92 bits per heavy atom. The van der Waals surface area contributed by atoms with Crippen LogP contribution in [0.25, 0.3) is 5.65 Å². The minimum absolute atomic E-state index is 0.198. The fourth-order valence-electron chi connectivity index (χ4n) is 3.60. The van der Waals surface area contributed by atoms with Crippen molar-refractivity contribution in [3.05, 3.63) is 40.9 Å². The van der Waals surface area contributed by atoms with Gasteiger partial charge in [-0.25, -0.2) is 9.50 Å². The van der Waals surface area contributed by atoms with E-state index in [1.165, 1.54) is 6.42 Å². The SMILES string of the molecule is Cc1cc(C)n2ncc(C(=O)NC(C)c3nnc4n3CCCCC4)c2n1. The van der Waals surface area contributed by atoms with Crippen molar-refractivity contribution < 1.29 is 4.79 Å². The van der Waals surface area contributed by atoms with Gasteiger partial charge in [0.1, 0.15) is 11.4 Å². The fraction of sp³-hybridized carbons (Fsp3) is 0.500. The van der Waals surface area contributed by atoms with Crippen LogP contribution >= 0.6 is 0 Å². The first-order valence-corrected chi connectivity index (χ1v) is 9.09. The van der Waals surface area contributed by atoms with Gasteiger partial charge < -0.3 is 9.88 Å². The molecule has 0 spiro atoms. The van der Waals surface area contributed by atoms with E-state index in [1.807, 2.05) is 26.8 Å². The third kappa shape index (κ3) is 2.85. The van der Waals surface area contributed by atoms with Gasteiger partial charge in [-0.2, -0.15) is 5.10 Å². The summed E-state index contributed by atoms with van der Waals surface area (Å²) in [5.74, 6) is 1.63. The highest BCUT2D eigenvalue weighted by Gasteiger charge is 2.23. The molecule has 1 aliphatic heterocycles. The topological polar surface area (TPSA) is 90.0 Å². The van der Waals surface area contributed by atoms with Crippen LogP contribution < -0.4 is 5.32 Å². The Morgan fingerprint density at radius 1 is 1.23 bits per heavy atom. The van der Waals surface area contributed by atoms with Crippen molar-refractivity contribution in [2.24, 2.45) is 0 Å². The van der Waals surface area contributed by atoms with Crippen molar-refractivity contribution >= 4 is 11.6 Å². The van der Waals surface area contributed by atoms with Gasteiger partial charge in [-0.3, -0.25) is 4.79 Å². The molecule has 3 aromatic rings. The number of carbonyl (C=O) groups is 1. The largest absolute Gasteiger partial charge is 0.342 e. The number of hydrogen-bond donors (Lipinski definition) is 1. The normalized spacial score (nSPS) is 15.5. The van der Waals surface area contributed by atoms with E-state index in [0.29, 0.717) is 11.2 Å². The number of nitrogens with zero attached hydrogens (tertiary/aromatic N) is 6. The highest BCUT2D eigenvalue weighted by atomic mass is 16.1. The third-order valence-corrected chi connectivity index (χ3v) is 4.90. The maximum Gasteiger partial charge on any atom is 0.257 e. The predicted molar refractivity (Wildman–Crippen MR) is 95.9 cm³/mol. The summed E-state index contributed by atoms with van der Waals surface area (Å²) in [6.07, 6.45) is 5.99. The Labute approximate surface area is 151 Å². The molecule has 0 saturated carbocycles. The lowest BCUT2D eigenvalue weighted by Gasteiger charge is -2.15. The molecule has 8 heteroatoms. The second kappa shape index (κ2) is 6.51. The zero-order chi connectivity index (χ0) is 18.3. The van der Waals surface area contributed by atoms with Gasteiger partial charge in [0.25, 0.3) is 5.91 Å².